The summed E-state index contributed by atoms with van der Waals surface area (Å²) in [6.45, 7) is 2.62. The van der Waals surface area contributed by atoms with E-state index in [1.165, 1.54) is 0 Å². The zero-order chi connectivity index (χ0) is 14.2. The minimum absolute atomic E-state index is 0.245. The Morgan fingerprint density at radius 2 is 1.95 bits per heavy atom. The molecule has 2 fully saturated rings. The summed E-state index contributed by atoms with van der Waals surface area (Å²) in [6, 6.07) is 9.86. The van der Waals surface area contributed by atoms with Crippen LogP contribution in [0.4, 0.5) is 0 Å². The number of nitriles is 1. The van der Waals surface area contributed by atoms with Crippen molar-refractivity contribution in [1.82, 2.24) is 4.90 Å². The second-order valence-corrected chi connectivity index (χ2v) is 6.09. The number of rotatable bonds is 2. The molecule has 2 atom stereocenters. The topological polar surface area (TPSA) is 67.5 Å². The molecule has 2 aliphatic rings. The predicted octanol–water partition coefficient (Wildman–Crippen LogP) is 1.27. The molecule has 20 heavy (non-hydrogen) atoms. The van der Waals surface area contributed by atoms with Gasteiger partial charge in [-0.05, 0) is 43.6 Å². The van der Waals surface area contributed by atoms with Gasteiger partial charge >= 0.3 is 0 Å². The van der Waals surface area contributed by atoms with E-state index in [2.05, 4.69) is 11.0 Å². The third kappa shape index (κ3) is 2.22. The first kappa shape index (κ1) is 13.6. The van der Waals surface area contributed by atoms with Gasteiger partial charge in [0.15, 0.2) is 0 Å². The number of aliphatic hydroxyl groups excluding tert-OH is 2. The Labute approximate surface area is 119 Å². The molecule has 4 heteroatoms. The van der Waals surface area contributed by atoms with Crippen LogP contribution in [0.5, 0.6) is 0 Å². The number of likely N-dealkylation sites (tertiary alicyclic amines) is 1. The van der Waals surface area contributed by atoms with E-state index in [4.69, 9.17) is 5.26 Å². The lowest BCUT2D eigenvalue weighted by atomic mass is 9.58. The molecule has 1 saturated heterocycles. The molecule has 0 bridgehead atoms. The van der Waals surface area contributed by atoms with Crippen LogP contribution in [0.2, 0.25) is 0 Å². The van der Waals surface area contributed by atoms with E-state index in [0.29, 0.717) is 12.0 Å². The summed E-state index contributed by atoms with van der Waals surface area (Å²) >= 11 is 0. The lowest BCUT2D eigenvalue weighted by molar-refractivity contribution is -0.190. The average molecular weight is 272 g/mol. The summed E-state index contributed by atoms with van der Waals surface area (Å²) in [5.41, 5.74) is 1.60. The Kier molecular flexibility index (Phi) is 3.51. The SMILES string of the molecule is N#Cc1cccc(CN2CCC3(CC2)[C@H](O)C[C@@H]3O)c1. The van der Waals surface area contributed by atoms with E-state index < -0.39 is 0 Å². The van der Waals surface area contributed by atoms with Crippen molar-refractivity contribution < 1.29 is 10.2 Å². The van der Waals surface area contributed by atoms with Crippen molar-refractivity contribution in [2.24, 2.45) is 5.41 Å². The van der Waals surface area contributed by atoms with Gasteiger partial charge in [-0.3, -0.25) is 4.90 Å². The quantitative estimate of drug-likeness (QED) is 0.850. The molecule has 106 valence electrons. The summed E-state index contributed by atoms with van der Waals surface area (Å²) in [5, 5.41) is 28.8. The fraction of sp³-hybridized carbons (Fsp3) is 0.562. The fourth-order valence-corrected chi connectivity index (χ4v) is 3.53. The summed E-state index contributed by atoms with van der Waals surface area (Å²) < 4.78 is 0. The molecule has 1 aromatic rings. The zero-order valence-electron chi connectivity index (χ0n) is 11.5. The van der Waals surface area contributed by atoms with Crippen LogP contribution >= 0.6 is 0 Å². The highest BCUT2D eigenvalue weighted by Gasteiger charge is 2.54. The lowest BCUT2D eigenvalue weighted by Gasteiger charge is -2.55. The molecule has 2 N–H and O–H groups in total. The highest BCUT2D eigenvalue weighted by molar-refractivity contribution is 5.32. The highest BCUT2D eigenvalue weighted by atomic mass is 16.3. The van der Waals surface area contributed by atoms with Gasteiger partial charge in [0.1, 0.15) is 0 Å². The van der Waals surface area contributed by atoms with Crippen LogP contribution < -0.4 is 0 Å². The highest BCUT2D eigenvalue weighted by Crippen LogP contribution is 2.49. The third-order valence-electron chi connectivity index (χ3n) is 5.02. The second kappa shape index (κ2) is 5.17. The van der Waals surface area contributed by atoms with Crippen LogP contribution in [0.3, 0.4) is 0 Å². The minimum Gasteiger partial charge on any atom is -0.392 e. The average Bonchev–Trinajstić information content (AvgIpc) is 2.48. The standard InChI is InChI=1S/C16H20N2O2/c17-10-12-2-1-3-13(8-12)11-18-6-4-16(5-7-18)14(19)9-15(16)20/h1-3,8,14-15,19-20H,4-7,9,11H2/t14-,15+. The molecule has 1 spiro atoms. The molecular formula is C16H20N2O2. The van der Waals surface area contributed by atoms with Crippen molar-refractivity contribution in [3.8, 4) is 6.07 Å². The molecule has 0 radical (unpaired) electrons. The van der Waals surface area contributed by atoms with E-state index in [1.807, 2.05) is 24.3 Å². The van der Waals surface area contributed by atoms with Gasteiger partial charge in [-0.1, -0.05) is 12.1 Å². The maximum Gasteiger partial charge on any atom is 0.0991 e. The minimum atomic E-state index is -0.332. The summed E-state index contributed by atoms with van der Waals surface area (Å²) in [7, 11) is 0. The smallest absolute Gasteiger partial charge is 0.0991 e. The molecule has 0 amide bonds. The van der Waals surface area contributed by atoms with Crippen LogP contribution in [0.1, 0.15) is 30.4 Å². The van der Waals surface area contributed by atoms with Gasteiger partial charge in [-0.25, -0.2) is 0 Å². The van der Waals surface area contributed by atoms with Crippen LogP contribution in [-0.2, 0) is 6.54 Å². The molecular weight excluding hydrogens is 252 g/mol. The summed E-state index contributed by atoms with van der Waals surface area (Å²) in [6.07, 6.45) is 1.58. The summed E-state index contributed by atoms with van der Waals surface area (Å²) in [5.74, 6) is 0. The maximum absolute atomic E-state index is 9.92. The van der Waals surface area contributed by atoms with E-state index in [1.54, 1.807) is 0 Å². The van der Waals surface area contributed by atoms with Gasteiger partial charge in [0.2, 0.25) is 0 Å². The van der Waals surface area contributed by atoms with Crippen molar-refractivity contribution in [3.05, 3.63) is 35.4 Å². The first-order valence-electron chi connectivity index (χ1n) is 7.21. The third-order valence-corrected chi connectivity index (χ3v) is 5.02. The fourth-order valence-electron chi connectivity index (χ4n) is 3.53. The summed E-state index contributed by atoms with van der Waals surface area (Å²) in [4.78, 5) is 2.33. The first-order valence-corrected chi connectivity index (χ1v) is 7.21. The van der Waals surface area contributed by atoms with Gasteiger partial charge in [0, 0.05) is 18.4 Å². The second-order valence-electron chi connectivity index (χ2n) is 6.09. The number of nitrogens with zero attached hydrogens (tertiary/aromatic N) is 2. The van der Waals surface area contributed by atoms with Crippen LogP contribution in [0.15, 0.2) is 24.3 Å². The van der Waals surface area contributed by atoms with E-state index >= 15 is 0 Å². The Morgan fingerprint density at radius 1 is 1.25 bits per heavy atom. The monoisotopic (exact) mass is 272 g/mol. The lowest BCUT2D eigenvalue weighted by Crippen LogP contribution is -2.61. The van der Waals surface area contributed by atoms with Gasteiger partial charge < -0.3 is 10.2 Å². The Hall–Kier alpha value is -1.41. The van der Waals surface area contributed by atoms with Crippen molar-refractivity contribution in [1.29, 1.82) is 5.26 Å². The Bertz CT molecular complexity index is 520. The first-order chi connectivity index (χ1) is 9.64. The molecule has 3 rings (SSSR count). The van der Waals surface area contributed by atoms with Gasteiger partial charge in [-0.15, -0.1) is 0 Å². The molecule has 1 saturated carbocycles. The van der Waals surface area contributed by atoms with Crippen molar-refractivity contribution >= 4 is 0 Å². The Morgan fingerprint density at radius 3 is 2.55 bits per heavy atom. The molecule has 1 heterocycles. The zero-order valence-corrected chi connectivity index (χ0v) is 11.5. The molecule has 1 aliphatic carbocycles. The predicted molar refractivity (Wildman–Crippen MR) is 74.7 cm³/mol. The maximum atomic E-state index is 9.92. The normalized spacial score (nSPS) is 28.9. The number of hydrogen-bond acceptors (Lipinski definition) is 4. The van der Waals surface area contributed by atoms with E-state index in [-0.39, 0.29) is 17.6 Å². The molecule has 1 aliphatic heterocycles. The van der Waals surface area contributed by atoms with Crippen LogP contribution in [-0.4, -0.2) is 40.4 Å². The molecule has 1 aromatic carbocycles. The number of piperidine rings is 1. The van der Waals surface area contributed by atoms with Crippen LogP contribution in [0.25, 0.3) is 0 Å². The van der Waals surface area contributed by atoms with E-state index in [9.17, 15) is 10.2 Å². The Balaban J connectivity index is 1.60. The number of benzene rings is 1. The van der Waals surface area contributed by atoms with Gasteiger partial charge in [0.05, 0.1) is 23.8 Å². The number of hydrogen-bond donors (Lipinski definition) is 2. The van der Waals surface area contributed by atoms with Crippen molar-refractivity contribution in [3.63, 3.8) is 0 Å². The molecule has 4 nitrogen and oxygen atoms in total. The van der Waals surface area contributed by atoms with Gasteiger partial charge in [0.25, 0.3) is 0 Å². The van der Waals surface area contributed by atoms with Crippen molar-refractivity contribution in [2.75, 3.05) is 13.1 Å². The molecule has 0 aromatic heterocycles. The van der Waals surface area contributed by atoms with Crippen molar-refractivity contribution in [2.45, 2.75) is 38.0 Å². The van der Waals surface area contributed by atoms with Crippen LogP contribution in [0, 0.1) is 16.7 Å². The largest absolute Gasteiger partial charge is 0.392 e. The molecule has 0 unspecified atom stereocenters. The number of aliphatic hydroxyl groups is 2. The van der Waals surface area contributed by atoms with E-state index in [0.717, 1.165) is 38.0 Å². The van der Waals surface area contributed by atoms with Gasteiger partial charge in [-0.2, -0.15) is 5.26 Å².